The summed E-state index contributed by atoms with van der Waals surface area (Å²) in [5.74, 6) is -1.75. The van der Waals surface area contributed by atoms with E-state index in [4.69, 9.17) is 4.74 Å². The SMILES string of the molecule is COC(=O)c1cc(OC)c(O)c(C(=O)OC)c1C. The van der Waals surface area contributed by atoms with E-state index in [0.717, 1.165) is 0 Å². The molecule has 0 saturated heterocycles. The van der Waals surface area contributed by atoms with Crippen LogP contribution in [0.3, 0.4) is 0 Å². The number of benzene rings is 1. The summed E-state index contributed by atoms with van der Waals surface area (Å²) in [7, 11) is 3.71. The predicted molar refractivity (Wildman–Crippen MR) is 62.1 cm³/mol. The Morgan fingerprint density at radius 1 is 1.11 bits per heavy atom. The van der Waals surface area contributed by atoms with Crippen LogP contribution in [0.4, 0.5) is 0 Å². The first kappa shape index (κ1) is 13.8. The lowest BCUT2D eigenvalue weighted by molar-refractivity contribution is 0.0594. The first-order valence-corrected chi connectivity index (χ1v) is 5.05. The smallest absolute Gasteiger partial charge is 0.342 e. The molecule has 0 atom stereocenters. The summed E-state index contributed by atoms with van der Waals surface area (Å²) >= 11 is 0. The molecule has 0 saturated carbocycles. The molecule has 0 spiro atoms. The molecule has 0 unspecified atom stereocenters. The second-order valence-corrected chi connectivity index (χ2v) is 3.46. The Balaban J connectivity index is 3.58. The van der Waals surface area contributed by atoms with Crippen molar-refractivity contribution < 1.29 is 28.9 Å². The lowest BCUT2D eigenvalue weighted by Gasteiger charge is -2.13. The summed E-state index contributed by atoms with van der Waals surface area (Å²) in [6.07, 6.45) is 0. The van der Waals surface area contributed by atoms with Crippen molar-refractivity contribution in [3.63, 3.8) is 0 Å². The third-order valence-electron chi connectivity index (χ3n) is 2.54. The van der Waals surface area contributed by atoms with Crippen molar-refractivity contribution in [2.24, 2.45) is 0 Å². The van der Waals surface area contributed by atoms with Gasteiger partial charge in [0.15, 0.2) is 11.5 Å². The van der Waals surface area contributed by atoms with Crippen molar-refractivity contribution in [1.29, 1.82) is 0 Å². The number of carbonyl (C=O) groups is 2. The summed E-state index contributed by atoms with van der Waals surface area (Å²) in [4.78, 5) is 23.2. The van der Waals surface area contributed by atoms with E-state index >= 15 is 0 Å². The van der Waals surface area contributed by atoms with Crippen molar-refractivity contribution >= 4 is 11.9 Å². The molecule has 0 aliphatic carbocycles. The summed E-state index contributed by atoms with van der Waals surface area (Å²) in [5.41, 5.74) is 0.289. The number of phenols is 1. The molecule has 1 aromatic rings. The zero-order valence-electron chi connectivity index (χ0n) is 10.6. The number of rotatable bonds is 3. The molecule has 1 aromatic carbocycles. The van der Waals surface area contributed by atoms with Crippen LogP contribution in [0.25, 0.3) is 0 Å². The lowest BCUT2D eigenvalue weighted by atomic mass is 10.0. The lowest BCUT2D eigenvalue weighted by Crippen LogP contribution is -2.11. The second kappa shape index (κ2) is 5.39. The number of methoxy groups -OCH3 is 3. The van der Waals surface area contributed by atoms with Crippen molar-refractivity contribution in [2.75, 3.05) is 21.3 Å². The zero-order valence-corrected chi connectivity index (χ0v) is 10.6. The van der Waals surface area contributed by atoms with Gasteiger partial charge in [0.2, 0.25) is 0 Å². The van der Waals surface area contributed by atoms with Crippen LogP contribution in [0.5, 0.6) is 11.5 Å². The molecule has 98 valence electrons. The summed E-state index contributed by atoms with van der Waals surface area (Å²) < 4.78 is 14.1. The minimum atomic E-state index is -0.756. The van der Waals surface area contributed by atoms with Gasteiger partial charge in [-0.1, -0.05) is 0 Å². The van der Waals surface area contributed by atoms with E-state index in [9.17, 15) is 14.7 Å². The van der Waals surface area contributed by atoms with Crippen LogP contribution in [-0.4, -0.2) is 38.4 Å². The van der Waals surface area contributed by atoms with Crippen LogP contribution in [0.15, 0.2) is 6.07 Å². The molecule has 0 fully saturated rings. The predicted octanol–water partition coefficient (Wildman–Crippen LogP) is 1.28. The van der Waals surface area contributed by atoms with Crippen molar-refractivity contribution in [2.45, 2.75) is 6.92 Å². The minimum absolute atomic E-state index is 0.00130. The second-order valence-electron chi connectivity index (χ2n) is 3.46. The van der Waals surface area contributed by atoms with Crippen molar-refractivity contribution in [3.05, 3.63) is 22.8 Å². The Morgan fingerprint density at radius 2 is 1.67 bits per heavy atom. The van der Waals surface area contributed by atoms with Crippen LogP contribution in [-0.2, 0) is 9.47 Å². The van der Waals surface area contributed by atoms with Gasteiger partial charge in [-0.25, -0.2) is 9.59 Å². The molecule has 0 aliphatic rings. The van der Waals surface area contributed by atoms with Gasteiger partial charge in [0.25, 0.3) is 0 Å². The highest BCUT2D eigenvalue weighted by Gasteiger charge is 2.25. The fraction of sp³-hybridized carbons (Fsp3) is 0.333. The van der Waals surface area contributed by atoms with Crippen LogP contribution < -0.4 is 4.74 Å². The van der Waals surface area contributed by atoms with Crippen LogP contribution in [0.1, 0.15) is 26.3 Å². The van der Waals surface area contributed by atoms with Crippen molar-refractivity contribution in [3.8, 4) is 11.5 Å². The molecule has 0 heterocycles. The average Bonchev–Trinajstić information content (AvgIpc) is 2.38. The number of aromatic hydroxyl groups is 1. The molecule has 6 nitrogen and oxygen atoms in total. The highest BCUT2D eigenvalue weighted by molar-refractivity contribution is 6.01. The molecular formula is C12H14O6. The standard InChI is InChI=1S/C12H14O6/c1-6-7(11(14)17-3)5-8(16-2)10(13)9(6)12(15)18-4/h5,13H,1-4H3. The number of phenolic OH excluding ortho intramolecular Hbond substituents is 1. The normalized spacial score (nSPS) is 9.78. The summed E-state index contributed by atoms with van der Waals surface area (Å²) in [6, 6.07) is 1.31. The minimum Gasteiger partial charge on any atom is -0.504 e. The van der Waals surface area contributed by atoms with E-state index in [0.29, 0.717) is 0 Å². The Morgan fingerprint density at radius 3 is 2.11 bits per heavy atom. The third-order valence-corrected chi connectivity index (χ3v) is 2.54. The third kappa shape index (κ3) is 2.22. The monoisotopic (exact) mass is 254 g/mol. The Kier molecular flexibility index (Phi) is 4.14. The van der Waals surface area contributed by atoms with E-state index in [1.807, 2.05) is 0 Å². The number of hydrogen-bond acceptors (Lipinski definition) is 6. The van der Waals surface area contributed by atoms with E-state index in [2.05, 4.69) is 9.47 Å². The molecular weight excluding hydrogens is 240 g/mol. The fourth-order valence-corrected chi connectivity index (χ4v) is 1.57. The molecule has 0 bridgehead atoms. The zero-order chi connectivity index (χ0) is 13.9. The van der Waals surface area contributed by atoms with Gasteiger partial charge >= 0.3 is 11.9 Å². The number of hydrogen-bond donors (Lipinski definition) is 1. The van der Waals surface area contributed by atoms with E-state index < -0.39 is 11.9 Å². The van der Waals surface area contributed by atoms with Crippen LogP contribution in [0, 0.1) is 6.92 Å². The van der Waals surface area contributed by atoms with Gasteiger partial charge in [0.05, 0.1) is 26.9 Å². The molecule has 0 amide bonds. The van der Waals surface area contributed by atoms with Gasteiger partial charge in [0, 0.05) is 0 Å². The largest absolute Gasteiger partial charge is 0.504 e. The van der Waals surface area contributed by atoms with Gasteiger partial charge in [-0.15, -0.1) is 0 Å². The van der Waals surface area contributed by atoms with Gasteiger partial charge < -0.3 is 19.3 Å². The molecule has 0 aromatic heterocycles. The molecule has 6 heteroatoms. The maximum Gasteiger partial charge on any atom is 0.342 e. The summed E-state index contributed by atoms with van der Waals surface area (Å²) in [5, 5.41) is 9.87. The number of carbonyl (C=O) groups excluding carboxylic acids is 2. The van der Waals surface area contributed by atoms with Gasteiger partial charge in [-0.2, -0.15) is 0 Å². The summed E-state index contributed by atoms with van der Waals surface area (Å²) in [6.45, 7) is 1.51. The quantitative estimate of drug-likeness (QED) is 0.818. The molecule has 1 rings (SSSR count). The van der Waals surface area contributed by atoms with Gasteiger partial charge in [0.1, 0.15) is 5.56 Å². The van der Waals surface area contributed by atoms with Gasteiger partial charge in [-0.05, 0) is 18.6 Å². The highest BCUT2D eigenvalue weighted by Crippen LogP contribution is 2.35. The number of ether oxygens (including phenoxy) is 3. The first-order valence-electron chi connectivity index (χ1n) is 5.05. The van der Waals surface area contributed by atoms with Crippen LogP contribution in [0.2, 0.25) is 0 Å². The Labute approximate surface area is 104 Å². The molecule has 1 N–H and O–H groups in total. The molecule has 0 radical (unpaired) electrons. The first-order chi connectivity index (χ1) is 8.47. The van der Waals surface area contributed by atoms with Gasteiger partial charge in [-0.3, -0.25) is 0 Å². The van der Waals surface area contributed by atoms with E-state index in [1.54, 1.807) is 0 Å². The van der Waals surface area contributed by atoms with E-state index in [1.165, 1.54) is 34.3 Å². The van der Waals surface area contributed by atoms with Crippen LogP contribution >= 0.6 is 0 Å². The number of esters is 2. The fourth-order valence-electron chi connectivity index (χ4n) is 1.57. The maximum absolute atomic E-state index is 11.6. The van der Waals surface area contributed by atoms with Crippen molar-refractivity contribution in [1.82, 2.24) is 0 Å². The molecule has 18 heavy (non-hydrogen) atoms. The topological polar surface area (TPSA) is 82.1 Å². The van der Waals surface area contributed by atoms with E-state index in [-0.39, 0.29) is 28.2 Å². The Hall–Kier alpha value is -2.24. The highest BCUT2D eigenvalue weighted by atomic mass is 16.5. The maximum atomic E-state index is 11.6. The molecule has 0 aliphatic heterocycles. The average molecular weight is 254 g/mol. The Bertz CT molecular complexity index is 492.